The predicted molar refractivity (Wildman–Crippen MR) is 95.2 cm³/mol. The molecule has 1 aliphatic rings. The van der Waals surface area contributed by atoms with Crippen LogP contribution < -0.4 is 4.74 Å². The zero-order valence-corrected chi connectivity index (χ0v) is 13.8. The van der Waals surface area contributed by atoms with Crippen LogP contribution in [0.5, 0.6) is 5.75 Å². The van der Waals surface area contributed by atoms with E-state index in [0.717, 1.165) is 35.9 Å². The fraction of sp³-hybridized carbons (Fsp3) is 0.250. The van der Waals surface area contributed by atoms with E-state index >= 15 is 0 Å². The topological polar surface area (TPSA) is 55.3 Å². The number of hydrogen-bond donors (Lipinski definition) is 0. The molecule has 1 saturated heterocycles. The molecule has 0 aliphatic carbocycles. The van der Waals surface area contributed by atoms with Crippen molar-refractivity contribution >= 4 is 16.8 Å². The minimum Gasteiger partial charge on any atom is -0.483 e. The number of ether oxygens (including phenoxy) is 1. The lowest BCUT2D eigenvalue weighted by Crippen LogP contribution is -2.34. The van der Waals surface area contributed by atoms with E-state index in [1.807, 2.05) is 47.5 Å². The zero-order valence-electron chi connectivity index (χ0n) is 13.8. The molecule has 3 heterocycles. The number of carbonyl (C=O) groups is 1. The molecule has 0 N–H and O–H groups in total. The summed E-state index contributed by atoms with van der Waals surface area (Å²) in [7, 11) is 0. The molecule has 0 radical (unpaired) electrons. The molecular weight excluding hydrogens is 314 g/mol. The molecular formula is C20H19N3O2. The van der Waals surface area contributed by atoms with Gasteiger partial charge in [0.25, 0.3) is 5.91 Å². The lowest BCUT2D eigenvalue weighted by molar-refractivity contribution is -0.134. The highest BCUT2D eigenvalue weighted by Crippen LogP contribution is 2.31. The third kappa shape index (κ3) is 3.18. The second-order valence-corrected chi connectivity index (χ2v) is 6.15. The van der Waals surface area contributed by atoms with Gasteiger partial charge in [-0.3, -0.25) is 14.8 Å². The second kappa shape index (κ2) is 6.89. The Morgan fingerprint density at radius 1 is 1.16 bits per heavy atom. The van der Waals surface area contributed by atoms with Crippen molar-refractivity contribution in [3.8, 4) is 5.75 Å². The smallest absolute Gasteiger partial charge is 0.261 e. The molecule has 4 rings (SSSR count). The second-order valence-electron chi connectivity index (χ2n) is 6.15. The van der Waals surface area contributed by atoms with Gasteiger partial charge in [0, 0.05) is 30.5 Å². The first-order chi connectivity index (χ1) is 12.3. The van der Waals surface area contributed by atoms with Gasteiger partial charge in [-0.2, -0.15) is 0 Å². The summed E-state index contributed by atoms with van der Waals surface area (Å²) in [6.07, 6.45) is 7.27. The first-order valence-corrected chi connectivity index (χ1v) is 8.49. The molecule has 1 amide bonds. The fourth-order valence-electron chi connectivity index (χ4n) is 3.40. The minimum atomic E-state index is 0.00671. The van der Waals surface area contributed by atoms with Crippen molar-refractivity contribution in [1.82, 2.24) is 14.9 Å². The predicted octanol–water partition coefficient (Wildman–Crippen LogP) is 3.37. The van der Waals surface area contributed by atoms with Gasteiger partial charge in [0.05, 0.1) is 11.6 Å². The first kappa shape index (κ1) is 15.6. The van der Waals surface area contributed by atoms with Crippen molar-refractivity contribution < 1.29 is 9.53 Å². The number of aromatic nitrogens is 2. The van der Waals surface area contributed by atoms with Gasteiger partial charge < -0.3 is 9.64 Å². The number of hydrogen-bond acceptors (Lipinski definition) is 4. The van der Waals surface area contributed by atoms with Gasteiger partial charge in [-0.25, -0.2) is 0 Å². The van der Waals surface area contributed by atoms with E-state index in [1.165, 1.54) is 0 Å². The summed E-state index contributed by atoms with van der Waals surface area (Å²) in [4.78, 5) is 23.1. The molecule has 5 nitrogen and oxygen atoms in total. The summed E-state index contributed by atoms with van der Waals surface area (Å²) < 4.78 is 5.83. The maximum Gasteiger partial charge on any atom is 0.261 e. The highest BCUT2D eigenvalue weighted by Gasteiger charge is 2.30. The summed E-state index contributed by atoms with van der Waals surface area (Å²) in [5, 5.41) is 0.919. The summed E-state index contributed by atoms with van der Waals surface area (Å²) >= 11 is 0. The van der Waals surface area contributed by atoms with E-state index < -0.39 is 0 Å². The van der Waals surface area contributed by atoms with Crippen LogP contribution in [-0.2, 0) is 4.79 Å². The third-order valence-electron chi connectivity index (χ3n) is 4.60. The fourth-order valence-corrected chi connectivity index (χ4v) is 3.40. The molecule has 1 atom stereocenters. The van der Waals surface area contributed by atoms with Gasteiger partial charge in [-0.1, -0.05) is 18.2 Å². The largest absolute Gasteiger partial charge is 0.483 e. The summed E-state index contributed by atoms with van der Waals surface area (Å²) in [5.74, 6) is 0.698. The van der Waals surface area contributed by atoms with Crippen molar-refractivity contribution in [3.63, 3.8) is 0 Å². The number of rotatable bonds is 4. The van der Waals surface area contributed by atoms with E-state index in [2.05, 4.69) is 9.97 Å². The number of nitrogens with zero attached hydrogens (tertiary/aromatic N) is 3. The molecule has 2 aromatic heterocycles. The van der Waals surface area contributed by atoms with Crippen LogP contribution >= 0.6 is 0 Å². The van der Waals surface area contributed by atoms with Gasteiger partial charge in [0.2, 0.25) is 0 Å². The number of benzene rings is 1. The average molecular weight is 333 g/mol. The SMILES string of the molecule is O=C(COc1ccnc2ccccc12)N1CCCC1c1cccnc1. The maximum atomic E-state index is 12.7. The molecule has 1 aromatic carbocycles. The lowest BCUT2D eigenvalue weighted by Gasteiger charge is -2.25. The summed E-state index contributed by atoms with van der Waals surface area (Å²) in [6.45, 7) is 0.795. The van der Waals surface area contributed by atoms with Gasteiger partial charge in [-0.15, -0.1) is 0 Å². The van der Waals surface area contributed by atoms with Crippen LogP contribution in [0, 0.1) is 0 Å². The lowest BCUT2D eigenvalue weighted by atomic mass is 10.1. The van der Waals surface area contributed by atoms with Gasteiger partial charge in [0.15, 0.2) is 6.61 Å². The van der Waals surface area contributed by atoms with E-state index in [0.29, 0.717) is 5.75 Å². The van der Waals surface area contributed by atoms with Crippen LogP contribution in [0.4, 0.5) is 0 Å². The van der Waals surface area contributed by atoms with Crippen molar-refractivity contribution in [3.05, 3.63) is 66.6 Å². The standard InChI is InChI=1S/C20H19N3O2/c24-20(23-12-4-8-18(23)15-5-3-10-21-13-15)14-25-19-9-11-22-17-7-2-1-6-16(17)19/h1-3,5-7,9-11,13,18H,4,8,12,14H2. The Bertz CT molecular complexity index is 877. The Morgan fingerprint density at radius 2 is 2.08 bits per heavy atom. The first-order valence-electron chi connectivity index (χ1n) is 8.49. The van der Waals surface area contributed by atoms with Crippen molar-refractivity contribution in [2.24, 2.45) is 0 Å². The average Bonchev–Trinajstić information content (AvgIpc) is 3.17. The van der Waals surface area contributed by atoms with E-state index in [9.17, 15) is 4.79 Å². The van der Waals surface area contributed by atoms with Gasteiger partial charge >= 0.3 is 0 Å². The highest BCUT2D eigenvalue weighted by atomic mass is 16.5. The summed E-state index contributed by atoms with van der Waals surface area (Å²) in [6, 6.07) is 13.6. The Balaban J connectivity index is 1.48. The minimum absolute atomic E-state index is 0.00671. The van der Waals surface area contributed by atoms with Crippen molar-refractivity contribution in [2.45, 2.75) is 18.9 Å². The molecule has 1 fully saturated rings. The number of pyridine rings is 2. The normalized spacial score (nSPS) is 17.0. The van der Waals surface area contributed by atoms with Crippen LogP contribution in [0.25, 0.3) is 10.9 Å². The molecule has 0 saturated carbocycles. The highest BCUT2D eigenvalue weighted by molar-refractivity contribution is 5.85. The van der Waals surface area contributed by atoms with Crippen molar-refractivity contribution in [2.75, 3.05) is 13.2 Å². The quantitative estimate of drug-likeness (QED) is 0.734. The molecule has 0 bridgehead atoms. The molecule has 126 valence electrons. The molecule has 25 heavy (non-hydrogen) atoms. The Morgan fingerprint density at radius 3 is 2.96 bits per heavy atom. The maximum absolute atomic E-state index is 12.7. The van der Waals surface area contributed by atoms with Crippen LogP contribution in [-0.4, -0.2) is 33.9 Å². The van der Waals surface area contributed by atoms with E-state index in [1.54, 1.807) is 18.5 Å². The summed E-state index contributed by atoms with van der Waals surface area (Å²) in [5.41, 5.74) is 1.95. The van der Waals surface area contributed by atoms with E-state index in [4.69, 9.17) is 4.74 Å². The Hall–Kier alpha value is -2.95. The number of fused-ring (bicyclic) bond motifs is 1. The van der Waals surface area contributed by atoms with Gasteiger partial charge in [0.1, 0.15) is 5.75 Å². The number of carbonyl (C=O) groups excluding carboxylic acids is 1. The molecule has 5 heteroatoms. The van der Waals surface area contributed by atoms with Gasteiger partial charge in [-0.05, 0) is 42.7 Å². The molecule has 1 aliphatic heterocycles. The van der Waals surface area contributed by atoms with Crippen LogP contribution in [0.2, 0.25) is 0 Å². The van der Waals surface area contributed by atoms with Crippen LogP contribution in [0.1, 0.15) is 24.4 Å². The van der Waals surface area contributed by atoms with Crippen LogP contribution in [0.15, 0.2) is 61.1 Å². The third-order valence-corrected chi connectivity index (χ3v) is 4.60. The Kier molecular flexibility index (Phi) is 4.29. The number of amides is 1. The van der Waals surface area contributed by atoms with Crippen molar-refractivity contribution in [1.29, 1.82) is 0 Å². The van der Waals surface area contributed by atoms with E-state index in [-0.39, 0.29) is 18.6 Å². The zero-order chi connectivity index (χ0) is 17.1. The monoisotopic (exact) mass is 333 g/mol. The Labute approximate surface area is 146 Å². The van der Waals surface area contributed by atoms with Crippen LogP contribution in [0.3, 0.4) is 0 Å². The molecule has 1 unspecified atom stereocenters. The molecule has 3 aromatic rings. The number of para-hydroxylation sites is 1. The molecule has 0 spiro atoms. The number of likely N-dealkylation sites (tertiary alicyclic amines) is 1.